The summed E-state index contributed by atoms with van der Waals surface area (Å²) in [5.41, 5.74) is 0.886. The van der Waals surface area contributed by atoms with E-state index in [1.807, 2.05) is 6.07 Å². The van der Waals surface area contributed by atoms with E-state index in [9.17, 15) is 13.2 Å². The molecule has 128 valence electrons. The molecule has 0 spiro atoms. The maximum Gasteiger partial charge on any atom is 0.222 e. The van der Waals surface area contributed by atoms with Crippen molar-refractivity contribution in [3.63, 3.8) is 0 Å². The van der Waals surface area contributed by atoms with Crippen LogP contribution >= 0.6 is 23.2 Å². The summed E-state index contributed by atoms with van der Waals surface area (Å²) in [5.74, 6) is 0.0198. The number of carbonyl (C=O) groups excluding carboxylic acids is 1. The van der Waals surface area contributed by atoms with Crippen LogP contribution < -0.4 is 0 Å². The molecule has 5 nitrogen and oxygen atoms in total. The van der Waals surface area contributed by atoms with Gasteiger partial charge in [-0.15, -0.1) is 0 Å². The lowest BCUT2D eigenvalue weighted by molar-refractivity contribution is -0.131. The SMILES string of the molecule is CS(=O)(=O)N1CCCN(C(=O)CCc2ccc(Cl)cc2Cl)CC1. The van der Waals surface area contributed by atoms with E-state index >= 15 is 0 Å². The van der Waals surface area contributed by atoms with E-state index in [1.54, 1.807) is 17.0 Å². The number of nitrogens with zero attached hydrogens (tertiary/aromatic N) is 2. The quantitative estimate of drug-likeness (QED) is 0.808. The molecule has 0 atom stereocenters. The number of sulfonamides is 1. The van der Waals surface area contributed by atoms with Gasteiger partial charge in [-0.1, -0.05) is 29.3 Å². The monoisotopic (exact) mass is 378 g/mol. The van der Waals surface area contributed by atoms with Crippen LogP contribution in [0.4, 0.5) is 0 Å². The summed E-state index contributed by atoms with van der Waals surface area (Å²) in [4.78, 5) is 14.1. The highest BCUT2D eigenvalue weighted by Gasteiger charge is 2.23. The lowest BCUT2D eigenvalue weighted by atomic mass is 10.1. The Kier molecular flexibility index (Phi) is 6.31. The number of hydrogen-bond acceptors (Lipinski definition) is 3. The largest absolute Gasteiger partial charge is 0.341 e. The Bertz CT molecular complexity index is 679. The standard InChI is InChI=1S/C15H20Cl2N2O3S/c1-23(21,22)19-8-2-7-18(9-10-19)15(20)6-4-12-3-5-13(16)11-14(12)17/h3,5,11H,2,4,6-10H2,1H3. The van der Waals surface area contributed by atoms with Crippen molar-refractivity contribution >= 4 is 39.1 Å². The van der Waals surface area contributed by atoms with E-state index in [1.165, 1.54) is 10.6 Å². The molecule has 1 aliphatic heterocycles. The Morgan fingerprint density at radius 1 is 1.17 bits per heavy atom. The van der Waals surface area contributed by atoms with Crippen LogP contribution in [0.3, 0.4) is 0 Å². The Morgan fingerprint density at radius 3 is 2.57 bits per heavy atom. The maximum absolute atomic E-state index is 12.3. The van der Waals surface area contributed by atoms with Gasteiger partial charge in [0.05, 0.1) is 6.26 Å². The zero-order chi connectivity index (χ0) is 17.0. The molecule has 2 rings (SSSR count). The fraction of sp³-hybridized carbons (Fsp3) is 0.533. The molecule has 1 aliphatic rings. The van der Waals surface area contributed by atoms with Crippen LogP contribution in [0, 0.1) is 0 Å². The van der Waals surface area contributed by atoms with Gasteiger partial charge in [-0.05, 0) is 30.5 Å². The second-order valence-electron chi connectivity index (χ2n) is 5.63. The van der Waals surface area contributed by atoms with Gasteiger partial charge in [-0.25, -0.2) is 12.7 Å². The smallest absolute Gasteiger partial charge is 0.222 e. The van der Waals surface area contributed by atoms with Gasteiger partial charge in [0, 0.05) is 42.6 Å². The highest BCUT2D eigenvalue weighted by molar-refractivity contribution is 7.88. The molecule has 23 heavy (non-hydrogen) atoms. The molecule has 1 saturated heterocycles. The predicted molar refractivity (Wildman–Crippen MR) is 92.4 cm³/mol. The van der Waals surface area contributed by atoms with E-state index in [2.05, 4.69) is 0 Å². The van der Waals surface area contributed by atoms with Gasteiger partial charge in [-0.3, -0.25) is 4.79 Å². The van der Waals surface area contributed by atoms with Gasteiger partial charge in [0.15, 0.2) is 0 Å². The average molecular weight is 379 g/mol. The molecule has 0 bridgehead atoms. The predicted octanol–water partition coefficient (Wildman–Crippen LogP) is 2.42. The van der Waals surface area contributed by atoms with Crippen LogP contribution in [0.1, 0.15) is 18.4 Å². The minimum absolute atomic E-state index is 0.0198. The molecule has 1 fully saturated rings. The lowest BCUT2D eigenvalue weighted by Gasteiger charge is -2.21. The topological polar surface area (TPSA) is 57.7 Å². The van der Waals surface area contributed by atoms with Gasteiger partial charge in [0.2, 0.25) is 15.9 Å². The van der Waals surface area contributed by atoms with Crippen molar-refractivity contribution in [2.45, 2.75) is 19.3 Å². The average Bonchev–Trinajstić information content (AvgIpc) is 2.71. The fourth-order valence-electron chi connectivity index (χ4n) is 2.60. The number of carbonyl (C=O) groups is 1. The van der Waals surface area contributed by atoms with Gasteiger partial charge in [0.25, 0.3) is 0 Å². The highest BCUT2D eigenvalue weighted by atomic mass is 35.5. The van der Waals surface area contributed by atoms with Crippen molar-refractivity contribution in [2.24, 2.45) is 0 Å². The molecule has 0 radical (unpaired) electrons. The van der Waals surface area contributed by atoms with E-state index in [4.69, 9.17) is 23.2 Å². The van der Waals surface area contributed by atoms with E-state index in [0.29, 0.717) is 55.5 Å². The molecule has 0 N–H and O–H groups in total. The van der Waals surface area contributed by atoms with E-state index < -0.39 is 10.0 Å². The Hall–Kier alpha value is -0.820. The van der Waals surface area contributed by atoms with Crippen LogP contribution in [0.2, 0.25) is 10.0 Å². The summed E-state index contributed by atoms with van der Waals surface area (Å²) in [6.45, 7) is 1.83. The van der Waals surface area contributed by atoms with Crippen molar-refractivity contribution in [1.29, 1.82) is 0 Å². The van der Waals surface area contributed by atoms with Crippen molar-refractivity contribution in [3.8, 4) is 0 Å². The van der Waals surface area contributed by atoms with Crippen LogP contribution in [-0.2, 0) is 21.2 Å². The molecule has 0 saturated carbocycles. The van der Waals surface area contributed by atoms with Crippen molar-refractivity contribution in [2.75, 3.05) is 32.4 Å². The normalized spacial score (nSPS) is 17.1. The summed E-state index contributed by atoms with van der Waals surface area (Å²) >= 11 is 12.0. The molecule has 1 aromatic carbocycles. The summed E-state index contributed by atoms with van der Waals surface area (Å²) in [7, 11) is -3.20. The molecule has 0 aromatic heterocycles. The number of halogens is 2. The second kappa shape index (κ2) is 7.83. The third-order valence-electron chi connectivity index (χ3n) is 3.90. The van der Waals surface area contributed by atoms with Gasteiger partial charge in [-0.2, -0.15) is 0 Å². The third-order valence-corrected chi connectivity index (χ3v) is 5.79. The van der Waals surface area contributed by atoms with Crippen LogP contribution in [0.25, 0.3) is 0 Å². The number of benzene rings is 1. The van der Waals surface area contributed by atoms with Crippen LogP contribution in [-0.4, -0.2) is 56.0 Å². The van der Waals surface area contributed by atoms with Crippen LogP contribution in [0.15, 0.2) is 18.2 Å². The minimum atomic E-state index is -3.20. The molecule has 1 heterocycles. The molecule has 8 heteroatoms. The number of amides is 1. The minimum Gasteiger partial charge on any atom is -0.341 e. The van der Waals surface area contributed by atoms with Gasteiger partial charge < -0.3 is 4.90 Å². The molecule has 0 unspecified atom stereocenters. The third kappa shape index (κ3) is 5.35. The first kappa shape index (κ1) is 18.5. The van der Waals surface area contributed by atoms with E-state index in [-0.39, 0.29) is 5.91 Å². The maximum atomic E-state index is 12.3. The fourth-order valence-corrected chi connectivity index (χ4v) is 3.98. The first-order chi connectivity index (χ1) is 10.8. The first-order valence-electron chi connectivity index (χ1n) is 7.44. The number of hydrogen-bond donors (Lipinski definition) is 0. The van der Waals surface area contributed by atoms with E-state index in [0.717, 1.165) is 5.56 Å². The molecular weight excluding hydrogens is 359 g/mol. The van der Waals surface area contributed by atoms with Crippen molar-refractivity contribution in [1.82, 2.24) is 9.21 Å². The highest BCUT2D eigenvalue weighted by Crippen LogP contribution is 2.22. The number of aryl methyl sites for hydroxylation is 1. The molecule has 1 amide bonds. The first-order valence-corrected chi connectivity index (χ1v) is 10.0. The Morgan fingerprint density at radius 2 is 1.91 bits per heavy atom. The Labute approximate surface area is 147 Å². The van der Waals surface area contributed by atoms with Gasteiger partial charge >= 0.3 is 0 Å². The zero-order valence-electron chi connectivity index (χ0n) is 13.0. The summed E-state index contributed by atoms with van der Waals surface area (Å²) in [6, 6.07) is 5.24. The lowest BCUT2D eigenvalue weighted by Crippen LogP contribution is -2.37. The van der Waals surface area contributed by atoms with Crippen LogP contribution in [0.5, 0.6) is 0 Å². The van der Waals surface area contributed by atoms with Crippen molar-refractivity contribution in [3.05, 3.63) is 33.8 Å². The number of rotatable bonds is 4. The Balaban J connectivity index is 1.91. The summed E-state index contributed by atoms with van der Waals surface area (Å²) < 4.78 is 24.6. The van der Waals surface area contributed by atoms with Gasteiger partial charge in [0.1, 0.15) is 0 Å². The second-order valence-corrected chi connectivity index (χ2v) is 8.46. The molecule has 0 aliphatic carbocycles. The zero-order valence-corrected chi connectivity index (χ0v) is 15.3. The summed E-state index contributed by atoms with van der Waals surface area (Å²) in [5, 5.41) is 1.13. The molecular formula is C15H20Cl2N2O3S. The molecule has 1 aromatic rings. The summed E-state index contributed by atoms with van der Waals surface area (Å²) in [6.07, 6.45) is 2.74. The van der Waals surface area contributed by atoms with Crippen molar-refractivity contribution < 1.29 is 13.2 Å².